The Hall–Kier alpha value is -2.85. The van der Waals surface area contributed by atoms with Crippen molar-refractivity contribution in [2.24, 2.45) is 0 Å². The van der Waals surface area contributed by atoms with Crippen LogP contribution in [-0.4, -0.2) is 51.8 Å². The number of carbonyl (C=O) groups excluding carboxylic acids is 1. The van der Waals surface area contributed by atoms with Crippen molar-refractivity contribution in [3.8, 4) is 12.3 Å². The van der Waals surface area contributed by atoms with E-state index in [1.54, 1.807) is 4.57 Å². The average molecular weight is 396 g/mol. The maximum atomic E-state index is 12.4. The normalized spacial score (nSPS) is 15.8. The van der Waals surface area contributed by atoms with Gasteiger partial charge in [0, 0.05) is 37.8 Å². The largest absolute Gasteiger partial charge is 0.444 e. The van der Waals surface area contributed by atoms with E-state index in [0.717, 1.165) is 49.1 Å². The molecular formula is C22H28N4O3. The van der Waals surface area contributed by atoms with Gasteiger partial charge in [0.15, 0.2) is 0 Å². The summed E-state index contributed by atoms with van der Waals surface area (Å²) < 4.78 is 7.05. The molecule has 1 N–H and O–H groups in total. The third-order valence-electron chi connectivity index (χ3n) is 4.96. The summed E-state index contributed by atoms with van der Waals surface area (Å²) in [6.45, 7) is 8.58. The van der Waals surface area contributed by atoms with Crippen molar-refractivity contribution in [1.29, 1.82) is 0 Å². The molecule has 1 aliphatic heterocycles. The van der Waals surface area contributed by atoms with Gasteiger partial charge in [-0.15, -0.1) is 6.42 Å². The van der Waals surface area contributed by atoms with Crippen molar-refractivity contribution in [2.75, 3.05) is 19.6 Å². The van der Waals surface area contributed by atoms with Crippen LogP contribution in [0.4, 0.5) is 4.79 Å². The van der Waals surface area contributed by atoms with Crippen LogP contribution in [0, 0.1) is 12.3 Å². The quantitative estimate of drug-likeness (QED) is 0.803. The van der Waals surface area contributed by atoms with E-state index in [9.17, 15) is 9.59 Å². The first-order valence-electron chi connectivity index (χ1n) is 9.93. The number of piperidine rings is 1. The second-order valence-electron chi connectivity index (χ2n) is 8.36. The van der Waals surface area contributed by atoms with E-state index in [4.69, 9.17) is 11.2 Å². The molecule has 0 bridgehead atoms. The summed E-state index contributed by atoms with van der Waals surface area (Å²) in [6, 6.07) is 5.62. The molecule has 1 aromatic carbocycles. The first kappa shape index (κ1) is 20.9. The topological polar surface area (TPSA) is 76.5 Å². The molecule has 1 aromatic heterocycles. The van der Waals surface area contributed by atoms with Crippen LogP contribution < -0.4 is 10.9 Å². The first-order valence-corrected chi connectivity index (χ1v) is 9.93. The molecule has 1 fully saturated rings. The third kappa shape index (κ3) is 5.58. The summed E-state index contributed by atoms with van der Waals surface area (Å²) in [7, 11) is 0. The third-order valence-corrected chi connectivity index (χ3v) is 4.96. The van der Waals surface area contributed by atoms with Gasteiger partial charge in [0.1, 0.15) is 5.60 Å². The summed E-state index contributed by atoms with van der Waals surface area (Å²) >= 11 is 0. The minimum atomic E-state index is -0.495. The molecule has 0 saturated carbocycles. The summed E-state index contributed by atoms with van der Waals surface area (Å²) in [5, 5.41) is 2.95. The van der Waals surface area contributed by atoms with Gasteiger partial charge in [-0.1, -0.05) is 5.92 Å². The number of nitrogens with zero attached hydrogens (tertiary/aromatic N) is 3. The van der Waals surface area contributed by atoms with Gasteiger partial charge in [0.05, 0.1) is 17.2 Å². The number of amides is 1. The molecule has 0 spiro atoms. The van der Waals surface area contributed by atoms with Crippen molar-refractivity contribution in [3.63, 3.8) is 0 Å². The second-order valence-corrected chi connectivity index (χ2v) is 8.36. The van der Waals surface area contributed by atoms with Gasteiger partial charge in [0.2, 0.25) is 0 Å². The molecule has 1 amide bonds. The molecule has 1 aliphatic rings. The molecule has 7 nitrogen and oxygen atoms in total. The minimum absolute atomic E-state index is 0.115. The van der Waals surface area contributed by atoms with Crippen LogP contribution in [0.5, 0.6) is 0 Å². The summed E-state index contributed by atoms with van der Waals surface area (Å²) in [6.07, 6.45) is 8.19. The summed E-state index contributed by atoms with van der Waals surface area (Å²) in [5.74, 6) is 2.61. The predicted octanol–water partition coefficient (Wildman–Crippen LogP) is 2.37. The zero-order valence-electron chi connectivity index (χ0n) is 17.3. The number of carbonyl (C=O) groups is 1. The van der Waals surface area contributed by atoms with Crippen molar-refractivity contribution in [1.82, 2.24) is 19.8 Å². The summed E-state index contributed by atoms with van der Waals surface area (Å²) in [5.41, 5.74) is 1.61. The van der Waals surface area contributed by atoms with Gasteiger partial charge in [-0.3, -0.25) is 4.79 Å². The van der Waals surface area contributed by atoms with Crippen LogP contribution in [0.2, 0.25) is 0 Å². The van der Waals surface area contributed by atoms with Gasteiger partial charge in [-0.25, -0.2) is 9.78 Å². The zero-order valence-corrected chi connectivity index (χ0v) is 17.3. The monoisotopic (exact) mass is 396 g/mol. The van der Waals surface area contributed by atoms with Crippen LogP contribution >= 0.6 is 0 Å². The van der Waals surface area contributed by atoms with E-state index in [1.807, 2.05) is 39.0 Å². The molecule has 1 saturated heterocycles. The van der Waals surface area contributed by atoms with Crippen molar-refractivity contribution in [2.45, 2.75) is 51.8 Å². The Balaban J connectivity index is 1.57. The number of benzene rings is 1. The van der Waals surface area contributed by atoms with Crippen LogP contribution in [0.1, 0.15) is 39.2 Å². The van der Waals surface area contributed by atoms with Crippen molar-refractivity contribution >= 4 is 17.1 Å². The SMILES string of the molecule is C#Cc1ccc2ncc(=O)n(CCN3CCC(NC(=O)OC(C)(C)C)CC3)c2c1. The zero-order chi connectivity index (χ0) is 21.0. The van der Waals surface area contributed by atoms with E-state index in [-0.39, 0.29) is 17.7 Å². The smallest absolute Gasteiger partial charge is 0.407 e. The number of aromatic nitrogens is 2. The number of ether oxygens (including phenoxy) is 1. The lowest BCUT2D eigenvalue weighted by Gasteiger charge is -2.33. The summed E-state index contributed by atoms with van der Waals surface area (Å²) in [4.78, 5) is 30.8. The van der Waals surface area contributed by atoms with Crippen LogP contribution in [-0.2, 0) is 11.3 Å². The van der Waals surface area contributed by atoms with Gasteiger partial charge < -0.3 is 19.5 Å². The number of likely N-dealkylation sites (tertiary alicyclic amines) is 1. The first-order chi connectivity index (χ1) is 13.7. The molecule has 154 valence electrons. The molecule has 0 unspecified atom stereocenters. The van der Waals surface area contributed by atoms with Gasteiger partial charge in [-0.2, -0.15) is 0 Å². The number of terminal acetylenes is 1. The fourth-order valence-electron chi connectivity index (χ4n) is 3.50. The highest BCUT2D eigenvalue weighted by Gasteiger charge is 2.23. The van der Waals surface area contributed by atoms with Crippen LogP contribution in [0.15, 0.2) is 29.2 Å². The number of rotatable bonds is 4. The van der Waals surface area contributed by atoms with E-state index in [0.29, 0.717) is 6.54 Å². The molecule has 0 aliphatic carbocycles. The molecule has 2 aromatic rings. The molecule has 7 heteroatoms. The molecule has 29 heavy (non-hydrogen) atoms. The number of fused-ring (bicyclic) bond motifs is 1. The Morgan fingerprint density at radius 2 is 2.03 bits per heavy atom. The number of hydrogen-bond acceptors (Lipinski definition) is 5. The van der Waals surface area contributed by atoms with Gasteiger partial charge in [0.25, 0.3) is 5.56 Å². The van der Waals surface area contributed by atoms with Crippen LogP contribution in [0.25, 0.3) is 11.0 Å². The number of alkyl carbamates (subject to hydrolysis) is 1. The molecule has 2 heterocycles. The predicted molar refractivity (Wildman–Crippen MR) is 113 cm³/mol. The Labute approximate surface area is 171 Å². The Morgan fingerprint density at radius 3 is 2.69 bits per heavy atom. The maximum absolute atomic E-state index is 12.4. The lowest BCUT2D eigenvalue weighted by Crippen LogP contribution is -2.46. The van der Waals surface area contributed by atoms with Crippen LogP contribution in [0.3, 0.4) is 0 Å². The van der Waals surface area contributed by atoms with E-state index >= 15 is 0 Å². The van der Waals surface area contributed by atoms with Gasteiger partial charge >= 0.3 is 6.09 Å². The standard InChI is InChI=1S/C22H28N4O3/c1-5-16-6-7-18-19(14-16)26(20(27)15-23-18)13-12-25-10-8-17(9-11-25)24-21(28)29-22(2,3)4/h1,6-7,14-15,17H,8-13H2,2-4H3,(H,24,28). The van der Waals surface area contributed by atoms with Crippen molar-refractivity contribution in [3.05, 3.63) is 40.3 Å². The highest BCUT2D eigenvalue weighted by atomic mass is 16.6. The highest BCUT2D eigenvalue weighted by molar-refractivity contribution is 5.76. The second kappa shape index (κ2) is 8.66. The molecule has 3 rings (SSSR count). The molecular weight excluding hydrogens is 368 g/mol. The maximum Gasteiger partial charge on any atom is 0.407 e. The number of hydrogen-bond donors (Lipinski definition) is 1. The fraction of sp³-hybridized carbons (Fsp3) is 0.500. The molecule has 0 radical (unpaired) electrons. The Kier molecular flexibility index (Phi) is 6.23. The Morgan fingerprint density at radius 1 is 1.31 bits per heavy atom. The minimum Gasteiger partial charge on any atom is -0.444 e. The lowest BCUT2D eigenvalue weighted by molar-refractivity contribution is 0.0478. The van der Waals surface area contributed by atoms with E-state index in [1.165, 1.54) is 6.20 Å². The van der Waals surface area contributed by atoms with Gasteiger partial charge in [-0.05, 0) is 51.8 Å². The van der Waals surface area contributed by atoms with Crippen molar-refractivity contribution < 1.29 is 9.53 Å². The van der Waals surface area contributed by atoms with E-state index in [2.05, 4.69) is 21.1 Å². The highest BCUT2D eigenvalue weighted by Crippen LogP contribution is 2.14. The number of nitrogens with one attached hydrogen (secondary N) is 1. The molecule has 0 atom stereocenters. The lowest BCUT2D eigenvalue weighted by atomic mass is 10.1. The Bertz CT molecular complexity index is 976. The average Bonchev–Trinajstić information content (AvgIpc) is 2.66. The fourth-order valence-corrected chi connectivity index (χ4v) is 3.50. The van der Waals surface area contributed by atoms with E-state index < -0.39 is 5.60 Å².